The van der Waals surface area contributed by atoms with E-state index in [9.17, 15) is 4.79 Å². The first-order valence-electron chi connectivity index (χ1n) is 5.85. The summed E-state index contributed by atoms with van der Waals surface area (Å²) < 4.78 is 0. The van der Waals surface area contributed by atoms with Gasteiger partial charge in [0.25, 0.3) is 0 Å². The zero-order valence-electron chi connectivity index (χ0n) is 9.61. The summed E-state index contributed by atoms with van der Waals surface area (Å²) in [6, 6.07) is 7.37. The summed E-state index contributed by atoms with van der Waals surface area (Å²) in [5.74, 6) is 0.616. The van der Waals surface area contributed by atoms with Gasteiger partial charge in [0, 0.05) is 12.0 Å². The molecule has 2 rings (SSSR count). The van der Waals surface area contributed by atoms with Gasteiger partial charge in [-0.1, -0.05) is 30.8 Å². The number of carbonyl (C=O) groups is 1. The molecule has 1 aliphatic rings. The minimum atomic E-state index is 0.0541. The van der Waals surface area contributed by atoms with E-state index in [0.29, 0.717) is 23.0 Å². The van der Waals surface area contributed by atoms with Crippen LogP contribution < -0.4 is 11.1 Å². The number of anilines is 1. The van der Waals surface area contributed by atoms with Crippen LogP contribution in [0.3, 0.4) is 0 Å². The van der Waals surface area contributed by atoms with Crippen molar-refractivity contribution in [1.82, 2.24) is 0 Å². The molecule has 0 aliphatic heterocycles. The first-order valence-corrected chi connectivity index (χ1v) is 6.26. The fraction of sp³-hybridized carbons (Fsp3) is 0.385. The van der Waals surface area contributed by atoms with Crippen molar-refractivity contribution in [2.24, 2.45) is 11.7 Å². The predicted molar refractivity (Wildman–Crippen MR) is 72.9 cm³/mol. The summed E-state index contributed by atoms with van der Waals surface area (Å²) in [5, 5.41) is 2.88. The summed E-state index contributed by atoms with van der Waals surface area (Å²) in [4.78, 5) is 12.1. The molecule has 3 nitrogen and oxygen atoms in total. The fourth-order valence-corrected chi connectivity index (χ4v) is 2.15. The van der Waals surface area contributed by atoms with Crippen molar-refractivity contribution in [3.63, 3.8) is 0 Å². The number of hydrogen-bond acceptors (Lipinski definition) is 2. The van der Waals surface area contributed by atoms with Crippen molar-refractivity contribution < 1.29 is 4.79 Å². The largest absolute Gasteiger partial charge is 0.389 e. The third-order valence-electron chi connectivity index (χ3n) is 3.17. The molecule has 1 amide bonds. The molecule has 0 bridgehead atoms. The SMILES string of the molecule is NC(=S)c1ccccc1NC(=O)CC1CCC1. The number of carbonyl (C=O) groups excluding carboxylic acids is 1. The van der Waals surface area contributed by atoms with E-state index in [1.165, 1.54) is 19.3 Å². The molecule has 1 fully saturated rings. The van der Waals surface area contributed by atoms with Crippen LogP contribution in [0.5, 0.6) is 0 Å². The van der Waals surface area contributed by atoms with Gasteiger partial charge in [-0.05, 0) is 30.9 Å². The summed E-state index contributed by atoms with van der Waals surface area (Å²) in [5.41, 5.74) is 7.05. The summed E-state index contributed by atoms with van der Waals surface area (Å²) in [7, 11) is 0. The van der Waals surface area contributed by atoms with Crippen LogP contribution in [-0.2, 0) is 4.79 Å². The van der Waals surface area contributed by atoms with Gasteiger partial charge < -0.3 is 11.1 Å². The van der Waals surface area contributed by atoms with Gasteiger partial charge in [-0.3, -0.25) is 4.79 Å². The van der Waals surface area contributed by atoms with Crippen LogP contribution in [0, 0.1) is 5.92 Å². The third-order valence-corrected chi connectivity index (χ3v) is 3.39. The Balaban J connectivity index is 2.01. The Morgan fingerprint density at radius 1 is 1.41 bits per heavy atom. The molecule has 0 radical (unpaired) electrons. The van der Waals surface area contributed by atoms with E-state index in [0.717, 1.165) is 5.56 Å². The predicted octanol–water partition coefficient (Wildman–Crippen LogP) is 2.45. The molecular formula is C13H16N2OS. The quantitative estimate of drug-likeness (QED) is 0.805. The topological polar surface area (TPSA) is 55.1 Å². The lowest BCUT2D eigenvalue weighted by molar-refractivity contribution is -0.117. The highest BCUT2D eigenvalue weighted by molar-refractivity contribution is 7.80. The molecule has 17 heavy (non-hydrogen) atoms. The Labute approximate surface area is 106 Å². The third kappa shape index (κ3) is 3.03. The maximum Gasteiger partial charge on any atom is 0.224 e. The van der Waals surface area contributed by atoms with Gasteiger partial charge >= 0.3 is 0 Å². The van der Waals surface area contributed by atoms with Crippen molar-refractivity contribution in [3.05, 3.63) is 29.8 Å². The van der Waals surface area contributed by atoms with E-state index in [2.05, 4.69) is 5.32 Å². The Morgan fingerprint density at radius 3 is 2.71 bits per heavy atom. The Kier molecular flexibility index (Phi) is 3.74. The van der Waals surface area contributed by atoms with Gasteiger partial charge in [0.05, 0.1) is 5.69 Å². The summed E-state index contributed by atoms with van der Waals surface area (Å²) >= 11 is 4.95. The van der Waals surface area contributed by atoms with Crippen molar-refractivity contribution in [3.8, 4) is 0 Å². The van der Waals surface area contributed by atoms with Crippen LogP contribution >= 0.6 is 12.2 Å². The van der Waals surface area contributed by atoms with E-state index in [1.54, 1.807) is 0 Å². The molecule has 0 atom stereocenters. The average Bonchev–Trinajstić information content (AvgIpc) is 2.24. The molecule has 4 heteroatoms. The van der Waals surface area contributed by atoms with Crippen molar-refractivity contribution >= 4 is 28.8 Å². The second-order valence-electron chi connectivity index (χ2n) is 4.46. The number of nitrogens with two attached hydrogens (primary N) is 1. The van der Waals surface area contributed by atoms with E-state index >= 15 is 0 Å². The fourth-order valence-electron chi connectivity index (χ4n) is 1.97. The minimum absolute atomic E-state index is 0.0541. The molecule has 90 valence electrons. The molecule has 1 aromatic carbocycles. The second-order valence-corrected chi connectivity index (χ2v) is 4.90. The van der Waals surface area contributed by atoms with Gasteiger partial charge in [0.1, 0.15) is 4.99 Å². The van der Waals surface area contributed by atoms with Crippen molar-refractivity contribution in [2.45, 2.75) is 25.7 Å². The summed E-state index contributed by atoms with van der Waals surface area (Å²) in [6.07, 6.45) is 4.20. The van der Waals surface area contributed by atoms with E-state index < -0.39 is 0 Å². The average molecular weight is 248 g/mol. The smallest absolute Gasteiger partial charge is 0.224 e. The second kappa shape index (κ2) is 5.27. The molecule has 0 saturated heterocycles. The standard InChI is InChI=1S/C13H16N2OS/c14-13(17)10-6-1-2-7-11(10)15-12(16)8-9-4-3-5-9/h1-2,6-7,9H,3-5,8H2,(H2,14,17)(H,15,16). The van der Waals surface area contributed by atoms with E-state index in [4.69, 9.17) is 18.0 Å². The van der Waals surface area contributed by atoms with E-state index in [-0.39, 0.29) is 5.91 Å². The van der Waals surface area contributed by atoms with Gasteiger partial charge in [0.15, 0.2) is 0 Å². The molecule has 0 spiro atoms. The Morgan fingerprint density at radius 2 is 2.12 bits per heavy atom. The zero-order chi connectivity index (χ0) is 12.3. The molecule has 1 aliphatic carbocycles. The zero-order valence-corrected chi connectivity index (χ0v) is 10.4. The summed E-state index contributed by atoms with van der Waals surface area (Å²) in [6.45, 7) is 0. The molecule has 0 unspecified atom stereocenters. The van der Waals surface area contributed by atoms with Gasteiger partial charge in [-0.25, -0.2) is 0 Å². The number of hydrogen-bond donors (Lipinski definition) is 2. The number of para-hydroxylation sites is 1. The first-order chi connectivity index (χ1) is 8.16. The monoisotopic (exact) mass is 248 g/mol. The van der Waals surface area contributed by atoms with Crippen LogP contribution in [0.4, 0.5) is 5.69 Å². The van der Waals surface area contributed by atoms with Gasteiger partial charge in [-0.2, -0.15) is 0 Å². The maximum absolute atomic E-state index is 11.8. The first kappa shape index (κ1) is 12.0. The Hall–Kier alpha value is -1.42. The molecule has 0 heterocycles. The van der Waals surface area contributed by atoms with Crippen LogP contribution in [0.2, 0.25) is 0 Å². The highest BCUT2D eigenvalue weighted by Gasteiger charge is 2.21. The van der Waals surface area contributed by atoms with Gasteiger partial charge in [0.2, 0.25) is 5.91 Å². The molecule has 1 aromatic rings. The highest BCUT2D eigenvalue weighted by Crippen LogP contribution is 2.29. The normalized spacial score (nSPS) is 15.1. The number of amides is 1. The molecule has 3 N–H and O–H groups in total. The van der Waals surface area contributed by atoms with Crippen molar-refractivity contribution in [2.75, 3.05) is 5.32 Å². The van der Waals surface area contributed by atoms with Crippen LogP contribution in [0.25, 0.3) is 0 Å². The maximum atomic E-state index is 11.8. The lowest BCUT2D eigenvalue weighted by Gasteiger charge is -2.24. The van der Waals surface area contributed by atoms with E-state index in [1.807, 2.05) is 24.3 Å². The van der Waals surface area contributed by atoms with Crippen LogP contribution in [0.15, 0.2) is 24.3 Å². The van der Waals surface area contributed by atoms with Crippen molar-refractivity contribution in [1.29, 1.82) is 0 Å². The number of benzene rings is 1. The number of rotatable bonds is 4. The van der Waals surface area contributed by atoms with Crippen LogP contribution in [-0.4, -0.2) is 10.9 Å². The molecule has 0 aromatic heterocycles. The number of nitrogens with one attached hydrogen (secondary N) is 1. The minimum Gasteiger partial charge on any atom is -0.389 e. The Bertz CT molecular complexity index is 441. The molecule has 1 saturated carbocycles. The molecular weight excluding hydrogens is 232 g/mol. The highest BCUT2D eigenvalue weighted by atomic mass is 32.1. The lowest BCUT2D eigenvalue weighted by atomic mass is 9.83. The lowest BCUT2D eigenvalue weighted by Crippen LogP contribution is -2.22. The van der Waals surface area contributed by atoms with Gasteiger partial charge in [-0.15, -0.1) is 0 Å². The number of thiocarbonyl (C=S) groups is 1. The van der Waals surface area contributed by atoms with Crippen LogP contribution in [0.1, 0.15) is 31.2 Å².